The molecule has 2 aromatic rings. The average Bonchev–Trinajstić information content (AvgIpc) is 4.18. The lowest BCUT2D eigenvalue weighted by Crippen LogP contribution is -2.25. The minimum absolute atomic E-state index is 0.0116. The maximum atomic E-state index is 7.13. The number of benzene rings is 2. The molecule has 2 fully saturated rings. The third-order valence-corrected chi connectivity index (χ3v) is 15.6. The topological polar surface area (TPSA) is 43.5 Å². The molecule has 0 aromatic heterocycles. The summed E-state index contributed by atoms with van der Waals surface area (Å²) in [4.78, 5) is 0. The molecule has 2 aromatic carbocycles. The van der Waals surface area contributed by atoms with E-state index < -0.39 is 0 Å². The largest absolute Gasteiger partial charge is 0.493 e. The summed E-state index contributed by atoms with van der Waals surface area (Å²) in [5.41, 5.74) is 8.70. The molecule has 0 N–H and O–H groups in total. The Morgan fingerprint density at radius 1 is 0.453 bits per heavy atom. The lowest BCUT2D eigenvalue weighted by Gasteiger charge is -2.35. The van der Waals surface area contributed by atoms with E-state index in [4.69, 9.17) is 18.9 Å². The second kappa shape index (κ2) is 25.9. The minimum Gasteiger partial charge on any atom is -0.493 e. The molecule has 2 saturated heterocycles. The van der Waals surface area contributed by atoms with E-state index in [1.807, 2.05) is 0 Å². The zero-order chi connectivity index (χ0) is 47.0. The van der Waals surface area contributed by atoms with Crippen LogP contribution in [0.15, 0.2) is 24.3 Å². The Morgan fingerprint density at radius 2 is 0.719 bits per heavy atom. The Labute approximate surface area is 396 Å². The molecule has 64 heavy (non-hydrogen) atoms. The van der Waals surface area contributed by atoms with Crippen molar-refractivity contribution in [2.24, 2.45) is 11.8 Å². The summed E-state index contributed by atoms with van der Waals surface area (Å²) in [5.74, 6) is 3.58. The summed E-state index contributed by atoms with van der Waals surface area (Å²) in [7, 11) is 0. The summed E-state index contributed by atoms with van der Waals surface area (Å²) in [5, 5.41) is 0. The molecule has 4 unspecified atom stereocenters. The highest BCUT2D eigenvalue weighted by Gasteiger charge is 2.35. The molecule has 4 rings (SSSR count). The van der Waals surface area contributed by atoms with Crippen molar-refractivity contribution >= 4 is 0 Å². The summed E-state index contributed by atoms with van der Waals surface area (Å²) in [6.45, 7) is 37.3. The summed E-state index contributed by atoms with van der Waals surface area (Å²) < 4.78 is 25.6. The molecule has 366 valence electrons. The summed E-state index contributed by atoms with van der Waals surface area (Å²) in [6.07, 6.45) is 27.1. The van der Waals surface area contributed by atoms with Crippen LogP contribution in [0, 0.1) is 11.8 Å². The van der Waals surface area contributed by atoms with Crippen LogP contribution >= 0.6 is 0 Å². The van der Waals surface area contributed by atoms with Gasteiger partial charge in [-0.25, -0.2) is 0 Å². The highest BCUT2D eigenvalue weighted by atomic mass is 16.6. The van der Waals surface area contributed by atoms with E-state index in [0.717, 1.165) is 65.0 Å². The van der Waals surface area contributed by atoms with Crippen molar-refractivity contribution in [2.45, 2.75) is 272 Å². The SMILES string of the molecule is CCCCCC(C)(C)c1cc(CCc2cc(C(C)(C)CCCCC)c(OCCCC(C)C3CO3)c(C(C)(C)CCCCC)c2)cc(C(C)(C)CCCCC)c1OCCCC(C)C1CO1. The zero-order valence-electron chi connectivity index (χ0n) is 44.6. The molecule has 4 atom stereocenters. The van der Waals surface area contributed by atoms with Crippen LogP contribution in [0.2, 0.25) is 0 Å². The van der Waals surface area contributed by atoms with E-state index in [1.165, 1.54) is 148 Å². The maximum absolute atomic E-state index is 7.13. The van der Waals surface area contributed by atoms with Gasteiger partial charge in [0.2, 0.25) is 0 Å². The van der Waals surface area contributed by atoms with Gasteiger partial charge < -0.3 is 18.9 Å². The Bertz CT molecular complexity index is 1430. The standard InChI is InChI=1S/C60H102O4/c1-15-19-23-33-57(7,8)49-39-47(40-50(58(9,10)34-24-20-16-2)55(49)61-37-27-29-45(5)53-43-63-53)31-32-48-41-51(59(11,12)35-25-21-17-3)56(62-38-28-30-46(6)54-44-64-54)52(42-48)60(13,14)36-26-22-18-4/h39-42,45-46,53-54H,15-38,43-44H2,1-14H3. The van der Waals surface area contributed by atoms with E-state index in [-0.39, 0.29) is 21.7 Å². The monoisotopic (exact) mass is 887 g/mol. The molecule has 2 heterocycles. The van der Waals surface area contributed by atoms with Gasteiger partial charge in [0.1, 0.15) is 11.5 Å². The smallest absolute Gasteiger partial charge is 0.126 e. The summed E-state index contributed by atoms with van der Waals surface area (Å²) >= 11 is 0. The van der Waals surface area contributed by atoms with Crippen LogP contribution in [0.5, 0.6) is 11.5 Å². The number of aryl methyl sites for hydroxylation is 2. The number of hydrogen-bond acceptors (Lipinski definition) is 4. The molecule has 0 amide bonds. The van der Waals surface area contributed by atoms with Crippen LogP contribution in [-0.4, -0.2) is 38.6 Å². The van der Waals surface area contributed by atoms with Crippen LogP contribution in [0.25, 0.3) is 0 Å². The van der Waals surface area contributed by atoms with Gasteiger partial charge in [-0.3, -0.25) is 0 Å². The van der Waals surface area contributed by atoms with Crippen LogP contribution in [-0.2, 0) is 44.0 Å². The fourth-order valence-corrected chi connectivity index (χ4v) is 10.4. The van der Waals surface area contributed by atoms with Crippen LogP contribution in [0.4, 0.5) is 0 Å². The van der Waals surface area contributed by atoms with Gasteiger partial charge in [-0.1, -0.05) is 198 Å². The molecule has 0 spiro atoms. The third-order valence-electron chi connectivity index (χ3n) is 15.6. The van der Waals surface area contributed by atoms with Gasteiger partial charge in [0.15, 0.2) is 0 Å². The number of unbranched alkanes of at least 4 members (excludes halogenated alkanes) is 8. The van der Waals surface area contributed by atoms with Gasteiger partial charge in [0, 0.05) is 22.3 Å². The number of hydrogen-bond donors (Lipinski definition) is 0. The highest BCUT2D eigenvalue weighted by Crippen LogP contribution is 2.47. The molecular formula is C60H102O4. The average molecular weight is 887 g/mol. The van der Waals surface area contributed by atoms with Crippen LogP contribution < -0.4 is 9.47 Å². The van der Waals surface area contributed by atoms with Crippen molar-refractivity contribution in [3.05, 3.63) is 57.6 Å². The first kappa shape index (κ1) is 54.6. The van der Waals surface area contributed by atoms with Crippen molar-refractivity contribution in [3.63, 3.8) is 0 Å². The Hall–Kier alpha value is -2.04. The molecule has 0 saturated carbocycles. The van der Waals surface area contributed by atoms with Crippen molar-refractivity contribution < 1.29 is 18.9 Å². The van der Waals surface area contributed by atoms with E-state index in [0.29, 0.717) is 24.0 Å². The van der Waals surface area contributed by atoms with Gasteiger partial charge in [-0.2, -0.15) is 0 Å². The van der Waals surface area contributed by atoms with Gasteiger partial charge in [-0.15, -0.1) is 0 Å². The van der Waals surface area contributed by atoms with Crippen molar-refractivity contribution in [1.82, 2.24) is 0 Å². The van der Waals surface area contributed by atoms with E-state index in [2.05, 4.69) is 121 Å². The number of epoxide rings is 2. The highest BCUT2D eigenvalue weighted by molar-refractivity contribution is 5.53. The van der Waals surface area contributed by atoms with E-state index >= 15 is 0 Å². The van der Waals surface area contributed by atoms with Gasteiger partial charge in [0.25, 0.3) is 0 Å². The fourth-order valence-electron chi connectivity index (χ4n) is 10.4. The second-order valence-electron chi connectivity index (χ2n) is 23.6. The fraction of sp³-hybridized carbons (Fsp3) is 0.800. The molecule has 2 aliphatic heterocycles. The van der Waals surface area contributed by atoms with Gasteiger partial charge in [0.05, 0.1) is 38.6 Å². The molecule has 0 aliphatic carbocycles. The Kier molecular flexibility index (Phi) is 22.1. The zero-order valence-corrected chi connectivity index (χ0v) is 44.6. The third kappa shape index (κ3) is 16.9. The van der Waals surface area contributed by atoms with Crippen molar-refractivity contribution in [1.29, 1.82) is 0 Å². The second-order valence-corrected chi connectivity index (χ2v) is 23.6. The first-order valence-corrected chi connectivity index (χ1v) is 27.2. The van der Waals surface area contributed by atoms with E-state index in [9.17, 15) is 0 Å². The quantitative estimate of drug-likeness (QED) is 0.0511. The number of rotatable bonds is 35. The molecule has 0 bridgehead atoms. The lowest BCUT2D eigenvalue weighted by molar-refractivity contribution is 0.261. The van der Waals surface area contributed by atoms with Crippen molar-refractivity contribution in [3.8, 4) is 11.5 Å². The predicted molar refractivity (Wildman–Crippen MR) is 276 cm³/mol. The molecule has 0 radical (unpaired) electrons. The Balaban J connectivity index is 1.80. The van der Waals surface area contributed by atoms with Crippen LogP contribution in [0.1, 0.15) is 259 Å². The minimum atomic E-state index is 0.0116. The lowest BCUT2D eigenvalue weighted by atomic mass is 9.72. The predicted octanol–water partition coefficient (Wildman–Crippen LogP) is 17.3. The summed E-state index contributed by atoms with van der Waals surface area (Å²) in [6, 6.07) is 10.3. The Morgan fingerprint density at radius 3 is 0.953 bits per heavy atom. The van der Waals surface area contributed by atoms with E-state index in [1.54, 1.807) is 0 Å². The first-order chi connectivity index (χ1) is 30.4. The van der Waals surface area contributed by atoms with Gasteiger partial charge in [-0.05, 0) is 109 Å². The molecule has 4 nitrogen and oxygen atoms in total. The van der Waals surface area contributed by atoms with Crippen molar-refractivity contribution in [2.75, 3.05) is 26.4 Å². The molecular weight excluding hydrogens is 785 g/mol. The molecule has 2 aliphatic rings. The van der Waals surface area contributed by atoms with Gasteiger partial charge >= 0.3 is 0 Å². The number of ether oxygens (including phenoxy) is 4. The maximum Gasteiger partial charge on any atom is 0.126 e. The first-order valence-electron chi connectivity index (χ1n) is 27.2. The normalized spacial score (nSPS) is 17.7. The van der Waals surface area contributed by atoms with Crippen LogP contribution in [0.3, 0.4) is 0 Å². The molecule has 4 heteroatoms.